The average molecular weight is 614 g/mol. The van der Waals surface area contributed by atoms with E-state index < -0.39 is 45.2 Å². The number of nitriles is 1. The standard InChI is InChI=1S/C31H30F3N3O3S2/c32-22-5-1-21(2-6-22)29-36-27(25-17-31(33,34)10-9-24(25)26(38)18-30(19-35)11-12-30)28(41-29)20-3-7-23(8-4-20)37-13-15-42(39,40)16-14-37/h1-8,24-25H,9-18H2/t24-,25-/m1/s1. The van der Waals surface area contributed by atoms with Crippen LogP contribution < -0.4 is 4.90 Å². The van der Waals surface area contributed by atoms with E-state index in [4.69, 9.17) is 4.98 Å². The summed E-state index contributed by atoms with van der Waals surface area (Å²) in [6.07, 6.45) is 0.495. The molecule has 0 amide bonds. The number of carbonyl (C=O) groups excluding carboxylic acids is 1. The lowest BCUT2D eigenvalue weighted by atomic mass is 9.71. The number of benzene rings is 2. The Labute approximate surface area is 247 Å². The monoisotopic (exact) mass is 613 g/mol. The third-order valence-corrected chi connectivity index (χ3v) is 11.6. The van der Waals surface area contributed by atoms with Gasteiger partial charge >= 0.3 is 0 Å². The third kappa shape index (κ3) is 5.97. The number of hydrogen-bond acceptors (Lipinski definition) is 7. The predicted octanol–water partition coefficient (Wildman–Crippen LogP) is 6.63. The minimum atomic E-state index is -3.03. The van der Waals surface area contributed by atoms with Crippen molar-refractivity contribution >= 4 is 32.6 Å². The molecule has 2 atom stereocenters. The summed E-state index contributed by atoms with van der Waals surface area (Å²) in [5.74, 6) is -4.84. The molecule has 2 aromatic carbocycles. The van der Waals surface area contributed by atoms with E-state index in [2.05, 4.69) is 6.07 Å². The number of sulfone groups is 1. The van der Waals surface area contributed by atoms with E-state index in [1.165, 1.54) is 23.5 Å². The van der Waals surface area contributed by atoms with Crippen LogP contribution in [0, 0.1) is 28.5 Å². The molecule has 6 nitrogen and oxygen atoms in total. The number of nitrogens with zero attached hydrogens (tertiary/aromatic N) is 3. The number of halogens is 3. The van der Waals surface area contributed by atoms with Gasteiger partial charge in [-0.1, -0.05) is 12.1 Å². The second-order valence-electron chi connectivity index (χ2n) is 11.8. The van der Waals surface area contributed by atoms with E-state index >= 15 is 0 Å². The van der Waals surface area contributed by atoms with E-state index in [-0.39, 0.29) is 36.6 Å². The molecule has 220 valence electrons. The zero-order valence-corrected chi connectivity index (χ0v) is 24.5. The minimum Gasteiger partial charge on any atom is -0.369 e. The molecule has 3 aliphatic rings. The lowest BCUT2D eigenvalue weighted by molar-refractivity contribution is -0.129. The first-order valence-corrected chi connectivity index (χ1v) is 16.7. The van der Waals surface area contributed by atoms with Crippen molar-refractivity contribution < 1.29 is 26.4 Å². The number of rotatable bonds is 7. The van der Waals surface area contributed by atoms with Crippen LogP contribution in [0.1, 0.15) is 50.1 Å². The smallest absolute Gasteiger partial charge is 0.248 e. The maximum atomic E-state index is 14.9. The van der Waals surface area contributed by atoms with Crippen molar-refractivity contribution in [2.75, 3.05) is 29.5 Å². The Morgan fingerprint density at radius 1 is 1.02 bits per heavy atom. The van der Waals surface area contributed by atoms with Gasteiger partial charge in [0.05, 0.1) is 33.6 Å². The number of alkyl halides is 2. The van der Waals surface area contributed by atoms with Crippen molar-refractivity contribution in [3.05, 3.63) is 60.0 Å². The molecular formula is C31H30F3N3O3S2. The fourth-order valence-corrected chi connectivity index (χ4v) is 8.40. The molecule has 2 saturated carbocycles. The van der Waals surface area contributed by atoms with Gasteiger partial charge in [-0.2, -0.15) is 5.26 Å². The molecule has 3 fully saturated rings. The van der Waals surface area contributed by atoms with Crippen molar-refractivity contribution in [1.29, 1.82) is 5.26 Å². The van der Waals surface area contributed by atoms with Gasteiger partial charge in [0, 0.05) is 55.4 Å². The third-order valence-electron chi connectivity index (χ3n) is 8.78. The first kappa shape index (κ1) is 28.9. The Hall–Kier alpha value is -3.23. The van der Waals surface area contributed by atoms with Crippen LogP contribution in [-0.2, 0) is 14.6 Å². The Morgan fingerprint density at radius 3 is 2.29 bits per heavy atom. The number of ketones is 1. The molecule has 1 aromatic heterocycles. The summed E-state index contributed by atoms with van der Waals surface area (Å²) in [6.45, 7) is 0.792. The number of hydrogen-bond donors (Lipinski definition) is 0. The minimum absolute atomic E-state index is 0.0255. The van der Waals surface area contributed by atoms with Crippen LogP contribution in [0.25, 0.3) is 21.0 Å². The first-order valence-electron chi connectivity index (χ1n) is 14.1. The van der Waals surface area contributed by atoms with Crippen molar-refractivity contribution in [2.45, 2.75) is 50.4 Å². The van der Waals surface area contributed by atoms with Gasteiger partial charge in [0.2, 0.25) is 5.92 Å². The normalized spacial score (nSPS) is 24.1. The Kier molecular flexibility index (Phi) is 7.42. The molecule has 3 aromatic rings. The fourth-order valence-electron chi connectivity index (χ4n) is 6.05. The number of anilines is 1. The fraction of sp³-hybridized carbons (Fsp3) is 0.452. The maximum absolute atomic E-state index is 14.9. The highest BCUT2D eigenvalue weighted by atomic mass is 32.2. The number of Topliss-reactive ketones (excluding diaryl/α,β-unsaturated/α-hetero) is 1. The molecule has 0 bridgehead atoms. The molecular weight excluding hydrogens is 583 g/mol. The lowest BCUT2D eigenvalue weighted by Crippen LogP contribution is -2.40. The van der Waals surface area contributed by atoms with E-state index in [9.17, 15) is 31.6 Å². The topological polar surface area (TPSA) is 91.1 Å². The summed E-state index contributed by atoms with van der Waals surface area (Å²) in [4.78, 5) is 21.0. The van der Waals surface area contributed by atoms with Gasteiger partial charge < -0.3 is 4.90 Å². The quantitative estimate of drug-likeness (QED) is 0.297. The molecule has 2 heterocycles. The highest BCUT2D eigenvalue weighted by Gasteiger charge is 2.50. The molecule has 42 heavy (non-hydrogen) atoms. The van der Waals surface area contributed by atoms with Gasteiger partial charge in [-0.25, -0.2) is 26.6 Å². The molecule has 6 rings (SSSR count). The molecule has 0 N–H and O–H groups in total. The van der Waals surface area contributed by atoms with Crippen LogP contribution in [0.5, 0.6) is 0 Å². The largest absolute Gasteiger partial charge is 0.369 e. The Balaban J connectivity index is 1.38. The van der Waals surface area contributed by atoms with Crippen molar-refractivity contribution in [2.24, 2.45) is 11.3 Å². The van der Waals surface area contributed by atoms with E-state index in [0.717, 1.165) is 11.3 Å². The van der Waals surface area contributed by atoms with Crippen molar-refractivity contribution in [1.82, 2.24) is 4.98 Å². The van der Waals surface area contributed by atoms with Gasteiger partial charge in [-0.05, 0) is 61.2 Å². The predicted molar refractivity (Wildman–Crippen MR) is 156 cm³/mol. The van der Waals surface area contributed by atoms with Crippen LogP contribution >= 0.6 is 11.3 Å². The molecule has 0 unspecified atom stereocenters. The molecule has 0 radical (unpaired) electrons. The van der Waals surface area contributed by atoms with Crippen molar-refractivity contribution in [3.63, 3.8) is 0 Å². The lowest BCUT2D eigenvalue weighted by Gasteiger charge is -2.35. The molecule has 2 aliphatic carbocycles. The van der Waals surface area contributed by atoms with Gasteiger partial charge in [0.1, 0.15) is 16.6 Å². The van der Waals surface area contributed by atoms with Gasteiger partial charge in [0.15, 0.2) is 9.84 Å². The second kappa shape index (κ2) is 10.8. The summed E-state index contributed by atoms with van der Waals surface area (Å²) in [6, 6.07) is 15.6. The number of carbonyl (C=O) groups is 1. The molecule has 0 spiro atoms. The first-order chi connectivity index (χ1) is 20.0. The summed E-state index contributed by atoms with van der Waals surface area (Å²) < 4.78 is 67.3. The van der Waals surface area contributed by atoms with E-state index in [1.807, 2.05) is 29.2 Å². The van der Waals surface area contributed by atoms with Gasteiger partial charge in [-0.15, -0.1) is 11.3 Å². The van der Waals surface area contributed by atoms with Gasteiger partial charge in [-0.3, -0.25) is 4.79 Å². The zero-order valence-electron chi connectivity index (χ0n) is 22.9. The molecule has 1 aliphatic heterocycles. The maximum Gasteiger partial charge on any atom is 0.248 e. The van der Waals surface area contributed by atoms with Crippen molar-refractivity contribution in [3.8, 4) is 27.1 Å². The van der Waals surface area contributed by atoms with E-state index in [0.29, 0.717) is 47.1 Å². The summed E-state index contributed by atoms with van der Waals surface area (Å²) >= 11 is 1.32. The van der Waals surface area contributed by atoms with Crippen LogP contribution in [0.15, 0.2) is 48.5 Å². The molecule has 1 saturated heterocycles. The van der Waals surface area contributed by atoms with Crippen LogP contribution in [0.2, 0.25) is 0 Å². The average Bonchev–Trinajstić information content (AvgIpc) is 3.59. The van der Waals surface area contributed by atoms with Crippen LogP contribution in [0.4, 0.5) is 18.9 Å². The van der Waals surface area contributed by atoms with Crippen LogP contribution in [0.3, 0.4) is 0 Å². The van der Waals surface area contributed by atoms with Crippen LogP contribution in [-0.4, -0.2) is 49.7 Å². The number of aromatic nitrogens is 1. The zero-order chi connectivity index (χ0) is 29.7. The van der Waals surface area contributed by atoms with Gasteiger partial charge in [0.25, 0.3) is 0 Å². The Morgan fingerprint density at radius 2 is 1.67 bits per heavy atom. The highest BCUT2D eigenvalue weighted by molar-refractivity contribution is 7.91. The SMILES string of the molecule is N#CC1(CC(=O)[C@@H]2CCC(F)(F)C[C@H]2c2nc(-c3ccc(F)cc3)sc2-c2ccc(N3CCS(=O)(=O)CC3)cc2)CC1. The molecule has 11 heteroatoms. The second-order valence-corrected chi connectivity index (χ2v) is 15.1. The number of thiazole rings is 1. The highest BCUT2D eigenvalue weighted by Crippen LogP contribution is 2.53. The summed E-state index contributed by atoms with van der Waals surface area (Å²) in [5, 5.41) is 10.1. The van der Waals surface area contributed by atoms with E-state index in [1.54, 1.807) is 12.1 Å². The summed E-state index contributed by atoms with van der Waals surface area (Å²) in [5.41, 5.74) is 2.01. The Bertz CT molecular complexity index is 1630. The summed E-state index contributed by atoms with van der Waals surface area (Å²) in [7, 11) is -3.03.